The molecule has 0 saturated carbocycles. The van der Waals surface area contributed by atoms with E-state index < -0.39 is 5.97 Å². The first kappa shape index (κ1) is 11.5. The highest BCUT2D eigenvalue weighted by Gasteiger charge is 2.28. The summed E-state index contributed by atoms with van der Waals surface area (Å²) >= 11 is 6.14. The predicted octanol–water partition coefficient (Wildman–Crippen LogP) is 3.17. The van der Waals surface area contributed by atoms with Crippen LogP contribution in [0, 0.1) is 11.8 Å². The summed E-state index contributed by atoms with van der Waals surface area (Å²) in [4.78, 5) is 11.0. The minimum absolute atomic E-state index is 0.213. The van der Waals surface area contributed by atoms with Crippen molar-refractivity contribution in [3.63, 3.8) is 0 Å². The van der Waals surface area contributed by atoms with Gasteiger partial charge in [0.1, 0.15) is 0 Å². The summed E-state index contributed by atoms with van der Waals surface area (Å²) < 4.78 is 0. The van der Waals surface area contributed by atoms with Gasteiger partial charge in [-0.25, -0.2) is 0 Å². The fourth-order valence-electron chi connectivity index (χ4n) is 2.40. The Hall–Kier alpha value is -1.02. The molecule has 86 valence electrons. The number of carboxylic acids is 1. The van der Waals surface area contributed by atoms with Gasteiger partial charge in [-0.3, -0.25) is 4.79 Å². The van der Waals surface area contributed by atoms with Gasteiger partial charge in [0, 0.05) is 5.02 Å². The number of aliphatic carboxylic acids is 1. The van der Waals surface area contributed by atoms with Crippen molar-refractivity contribution in [3.8, 4) is 0 Å². The van der Waals surface area contributed by atoms with Gasteiger partial charge in [0.2, 0.25) is 0 Å². The summed E-state index contributed by atoms with van der Waals surface area (Å²) in [7, 11) is 0. The predicted molar refractivity (Wildman–Crippen MR) is 63.8 cm³/mol. The first-order valence-corrected chi connectivity index (χ1v) is 5.96. The van der Waals surface area contributed by atoms with E-state index in [4.69, 9.17) is 16.7 Å². The van der Waals surface area contributed by atoms with Crippen molar-refractivity contribution in [2.45, 2.75) is 26.2 Å². The fraction of sp³-hybridized carbons (Fsp3) is 0.462. The Labute approximate surface area is 100 Å². The van der Waals surface area contributed by atoms with Crippen LogP contribution in [0.25, 0.3) is 0 Å². The Morgan fingerprint density at radius 3 is 3.00 bits per heavy atom. The molecule has 0 spiro atoms. The Balaban J connectivity index is 2.23. The largest absolute Gasteiger partial charge is 0.481 e. The molecule has 1 aromatic rings. The fourth-order valence-corrected chi connectivity index (χ4v) is 2.67. The van der Waals surface area contributed by atoms with Crippen LogP contribution in [-0.4, -0.2) is 11.1 Å². The number of rotatable bonds is 2. The molecule has 1 aliphatic carbocycles. The molecule has 16 heavy (non-hydrogen) atoms. The third-order valence-corrected chi connectivity index (χ3v) is 3.92. The lowest BCUT2D eigenvalue weighted by atomic mass is 9.78. The molecule has 1 aliphatic rings. The number of carbonyl (C=O) groups is 1. The minimum Gasteiger partial charge on any atom is -0.481 e. The molecule has 1 aromatic carbocycles. The van der Waals surface area contributed by atoms with E-state index in [2.05, 4.69) is 6.07 Å². The topological polar surface area (TPSA) is 37.3 Å². The molecule has 3 heteroatoms. The zero-order valence-electron chi connectivity index (χ0n) is 9.24. The first-order chi connectivity index (χ1) is 7.59. The molecule has 0 heterocycles. The summed E-state index contributed by atoms with van der Waals surface area (Å²) in [6.07, 6.45) is 2.68. The smallest absolute Gasteiger partial charge is 0.306 e. The molecule has 0 bridgehead atoms. The van der Waals surface area contributed by atoms with Gasteiger partial charge in [-0.05, 0) is 42.4 Å². The van der Waals surface area contributed by atoms with Crippen molar-refractivity contribution >= 4 is 17.6 Å². The quantitative estimate of drug-likeness (QED) is 0.859. The highest BCUT2D eigenvalue weighted by molar-refractivity contribution is 6.31. The van der Waals surface area contributed by atoms with Crippen molar-refractivity contribution in [3.05, 3.63) is 34.3 Å². The Bertz CT molecular complexity index is 414. The van der Waals surface area contributed by atoms with E-state index in [9.17, 15) is 4.79 Å². The standard InChI is InChI=1S/C13H15ClO2/c1-8(13(15)16)10-6-5-9-3-2-4-12(14)11(9)7-10/h2-4,8,10H,5-7H2,1H3,(H,15,16). The number of carboxylic acid groups (broad SMARTS) is 1. The van der Waals surface area contributed by atoms with Gasteiger partial charge in [0.05, 0.1) is 5.92 Å². The number of aryl methyl sites for hydroxylation is 1. The van der Waals surface area contributed by atoms with Gasteiger partial charge < -0.3 is 5.11 Å². The number of hydrogen-bond acceptors (Lipinski definition) is 1. The highest BCUT2D eigenvalue weighted by Crippen LogP contribution is 2.34. The third kappa shape index (κ3) is 2.07. The van der Waals surface area contributed by atoms with Crippen molar-refractivity contribution in [1.29, 1.82) is 0 Å². The zero-order valence-corrected chi connectivity index (χ0v) is 10.00. The molecule has 2 unspecified atom stereocenters. The van der Waals surface area contributed by atoms with Gasteiger partial charge in [-0.2, -0.15) is 0 Å². The molecule has 0 radical (unpaired) electrons. The van der Waals surface area contributed by atoms with E-state index in [1.165, 1.54) is 5.56 Å². The summed E-state index contributed by atoms with van der Waals surface area (Å²) in [6, 6.07) is 5.93. The maximum atomic E-state index is 11.0. The molecule has 0 fully saturated rings. The second-order valence-corrected chi connectivity index (χ2v) is 4.91. The van der Waals surface area contributed by atoms with Crippen LogP contribution >= 0.6 is 11.6 Å². The monoisotopic (exact) mass is 238 g/mol. The molecule has 2 nitrogen and oxygen atoms in total. The van der Waals surface area contributed by atoms with Crippen LogP contribution < -0.4 is 0 Å². The van der Waals surface area contributed by atoms with Crippen molar-refractivity contribution in [2.24, 2.45) is 11.8 Å². The van der Waals surface area contributed by atoms with Crippen LogP contribution in [0.15, 0.2) is 18.2 Å². The lowest BCUT2D eigenvalue weighted by Crippen LogP contribution is -2.26. The van der Waals surface area contributed by atoms with Gasteiger partial charge >= 0.3 is 5.97 Å². The Kier molecular flexibility index (Phi) is 3.20. The molecule has 0 aliphatic heterocycles. The number of fused-ring (bicyclic) bond motifs is 1. The summed E-state index contributed by atoms with van der Waals surface area (Å²) in [5, 5.41) is 9.80. The third-order valence-electron chi connectivity index (χ3n) is 3.56. The van der Waals surface area contributed by atoms with E-state index >= 15 is 0 Å². The second kappa shape index (κ2) is 4.46. The number of hydrogen-bond donors (Lipinski definition) is 1. The molecular weight excluding hydrogens is 224 g/mol. The number of halogens is 1. The normalized spacial score (nSPS) is 21.2. The van der Waals surface area contributed by atoms with E-state index in [0.29, 0.717) is 0 Å². The lowest BCUT2D eigenvalue weighted by molar-refractivity contribution is -0.143. The van der Waals surface area contributed by atoms with Gasteiger partial charge in [-0.1, -0.05) is 30.7 Å². The lowest BCUT2D eigenvalue weighted by Gasteiger charge is -2.27. The Morgan fingerprint density at radius 1 is 1.56 bits per heavy atom. The van der Waals surface area contributed by atoms with Gasteiger partial charge in [0.15, 0.2) is 0 Å². The summed E-state index contributed by atoms with van der Waals surface area (Å²) in [5.41, 5.74) is 2.43. The van der Waals surface area contributed by atoms with Crippen molar-refractivity contribution in [1.82, 2.24) is 0 Å². The number of benzene rings is 1. The summed E-state index contributed by atoms with van der Waals surface area (Å²) in [6.45, 7) is 1.79. The second-order valence-electron chi connectivity index (χ2n) is 4.51. The molecular formula is C13H15ClO2. The van der Waals surface area contributed by atoms with Crippen LogP contribution in [-0.2, 0) is 17.6 Å². The zero-order chi connectivity index (χ0) is 11.7. The first-order valence-electron chi connectivity index (χ1n) is 5.58. The SMILES string of the molecule is CC(C(=O)O)C1CCc2cccc(Cl)c2C1. The average Bonchev–Trinajstić information content (AvgIpc) is 2.28. The Morgan fingerprint density at radius 2 is 2.31 bits per heavy atom. The van der Waals surface area contributed by atoms with E-state index in [1.54, 1.807) is 6.92 Å². The summed E-state index contributed by atoms with van der Waals surface area (Å²) in [5.74, 6) is -0.783. The van der Waals surface area contributed by atoms with E-state index in [0.717, 1.165) is 29.8 Å². The van der Waals surface area contributed by atoms with Crippen LogP contribution in [0.5, 0.6) is 0 Å². The molecule has 0 amide bonds. The van der Waals surface area contributed by atoms with Crippen LogP contribution in [0.2, 0.25) is 5.02 Å². The molecule has 0 aromatic heterocycles. The van der Waals surface area contributed by atoms with E-state index in [-0.39, 0.29) is 11.8 Å². The average molecular weight is 239 g/mol. The van der Waals surface area contributed by atoms with Crippen LogP contribution in [0.3, 0.4) is 0 Å². The molecule has 2 rings (SSSR count). The van der Waals surface area contributed by atoms with Crippen LogP contribution in [0.4, 0.5) is 0 Å². The van der Waals surface area contributed by atoms with E-state index in [1.807, 2.05) is 12.1 Å². The van der Waals surface area contributed by atoms with Crippen molar-refractivity contribution < 1.29 is 9.90 Å². The maximum Gasteiger partial charge on any atom is 0.306 e. The maximum absolute atomic E-state index is 11.0. The molecule has 1 N–H and O–H groups in total. The highest BCUT2D eigenvalue weighted by atomic mass is 35.5. The molecule has 2 atom stereocenters. The van der Waals surface area contributed by atoms with Gasteiger partial charge in [-0.15, -0.1) is 0 Å². The minimum atomic E-state index is -0.708. The van der Waals surface area contributed by atoms with Crippen LogP contribution in [0.1, 0.15) is 24.5 Å². The van der Waals surface area contributed by atoms with Crippen molar-refractivity contribution in [2.75, 3.05) is 0 Å². The molecule has 0 saturated heterocycles. The van der Waals surface area contributed by atoms with Gasteiger partial charge in [0.25, 0.3) is 0 Å².